The van der Waals surface area contributed by atoms with Gasteiger partial charge in [0.15, 0.2) is 0 Å². The van der Waals surface area contributed by atoms with E-state index >= 15 is 0 Å². The molecule has 1 unspecified atom stereocenters. The van der Waals surface area contributed by atoms with Gasteiger partial charge in [-0.3, -0.25) is 4.79 Å². The van der Waals surface area contributed by atoms with Gasteiger partial charge in [0.05, 0.1) is 11.2 Å². The molecule has 1 amide bonds. The van der Waals surface area contributed by atoms with Crippen LogP contribution in [0.3, 0.4) is 0 Å². The number of hydrogen-bond acceptors (Lipinski definition) is 3. The summed E-state index contributed by atoms with van der Waals surface area (Å²) in [5, 5.41) is 0. The Kier molecular flexibility index (Phi) is 5.07. The summed E-state index contributed by atoms with van der Waals surface area (Å²) in [6, 6.07) is 0. The topological polar surface area (TPSA) is 38.8 Å². The van der Waals surface area contributed by atoms with E-state index in [-0.39, 0.29) is 30.1 Å². The quantitative estimate of drug-likeness (QED) is 0.720. The monoisotopic (exact) mass is 269 g/mol. The first kappa shape index (κ1) is 16.5. The molecule has 0 aromatic heterocycles. The smallest absolute Gasteiger partial charge is 0.403 e. The van der Waals surface area contributed by atoms with Crippen LogP contribution < -0.4 is 0 Å². The van der Waals surface area contributed by atoms with Gasteiger partial charge in [-0.25, -0.2) is 0 Å². The largest absolute Gasteiger partial charge is 0.458 e. The fourth-order valence-corrected chi connectivity index (χ4v) is 2.30. The summed E-state index contributed by atoms with van der Waals surface area (Å²) in [4.78, 5) is 14.1. The van der Waals surface area contributed by atoms with Gasteiger partial charge in [0, 0.05) is 19.0 Å². The van der Waals surface area contributed by atoms with E-state index in [1.165, 1.54) is 0 Å². The van der Waals surface area contributed by atoms with Crippen LogP contribution in [0.15, 0.2) is 0 Å². The summed E-state index contributed by atoms with van der Waals surface area (Å²) in [5.74, 6) is 0.106. The van der Waals surface area contributed by atoms with Crippen LogP contribution in [0.2, 0.25) is 6.32 Å². The Morgan fingerprint density at radius 2 is 1.53 bits per heavy atom. The number of rotatable bonds is 5. The normalized spacial score (nSPS) is 22.4. The van der Waals surface area contributed by atoms with Crippen molar-refractivity contribution < 1.29 is 14.1 Å². The van der Waals surface area contributed by atoms with Gasteiger partial charge in [0.2, 0.25) is 5.91 Å². The third kappa shape index (κ3) is 3.51. The van der Waals surface area contributed by atoms with Crippen molar-refractivity contribution in [3.8, 4) is 0 Å². The highest BCUT2D eigenvalue weighted by Gasteiger charge is 2.51. The Balaban J connectivity index is 2.60. The lowest BCUT2D eigenvalue weighted by Gasteiger charge is -2.32. The summed E-state index contributed by atoms with van der Waals surface area (Å²) in [7, 11) is -0.292. The second-order valence-electron chi connectivity index (χ2n) is 6.33. The molecule has 0 N–H and O–H groups in total. The molecular formula is C14H28BNO3. The van der Waals surface area contributed by atoms with Gasteiger partial charge in [-0.15, -0.1) is 0 Å². The third-order valence-corrected chi connectivity index (χ3v) is 4.34. The second kappa shape index (κ2) is 5.84. The minimum atomic E-state index is -0.324. The van der Waals surface area contributed by atoms with Crippen LogP contribution in [0.5, 0.6) is 0 Å². The van der Waals surface area contributed by atoms with Crippen molar-refractivity contribution in [1.29, 1.82) is 0 Å². The Hall–Kier alpha value is -0.545. The predicted molar refractivity (Wildman–Crippen MR) is 78.0 cm³/mol. The molecule has 0 aliphatic carbocycles. The van der Waals surface area contributed by atoms with Crippen LogP contribution in [0, 0.1) is 5.92 Å². The van der Waals surface area contributed by atoms with Gasteiger partial charge in [-0.1, -0.05) is 6.92 Å². The standard InChI is InChI=1S/C14H28BNO3/c1-8-16(9-2)12(17)11(3)10-15-18-13(4,5)14(6,7)19-15/h11H,8-10H2,1-7H3. The molecule has 1 rings (SSSR count). The Bertz CT molecular complexity index is 311. The lowest BCUT2D eigenvalue weighted by molar-refractivity contribution is -0.134. The first-order valence-electron chi connectivity index (χ1n) is 7.29. The molecule has 1 fully saturated rings. The molecule has 110 valence electrons. The average Bonchev–Trinajstić information content (AvgIpc) is 2.48. The van der Waals surface area contributed by atoms with E-state index in [2.05, 4.69) is 0 Å². The van der Waals surface area contributed by atoms with Crippen molar-refractivity contribution in [2.75, 3.05) is 13.1 Å². The van der Waals surface area contributed by atoms with Crippen LogP contribution in [0.25, 0.3) is 0 Å². The molecule has 19 heavy (non-hydrogen) atoms. The van der Waals surface area contributed by atoms with Crippen LogP contribution in [0.4, 0.5) is 0 Å². The minimum absolute atomic E-state index is 0.0744. The van der Waals surface area contributed by atoms with Gasteiger partial charge in [-0.05, 0) is 47.9 Å². The van der Waals surface area contributed by atoms with E-state index in [0.29, 0.717) is 6.32 Å². The summed E-state index contributed by atoms with van der Waals surface area (Å²) in [6.45, 7) is 15.6. The fraction of sp³-hybridized carbons (Fsp3) is 0.929. The highest BCUT2D eigenvalue weighted by molar-refractivity contribution is 6.46. The van der Waals surface area contributed by atoms with Gasteiger partial charge in [0.1, 0.15) is 0 Å². The summed E-state index contributed by atoms with van der Waals surface area (Å²) >= 11 is 0. The second-order valence-corrected chi connectivity index (χ2v) is 6.33. The molecule has 4 nitrogen and oxygen atoms in total. The lowest BCUT2D eigenvalue weighted by atomic mass is 9.77. The van der Waals surface area contributed by atoms with Crippen molar-refractivity contribution in [3.05, 3.63) is 0 Å². The van der Waals surface area contributed by atoms with Crippen LogP contribution in [-0.4, -0.2) is 42.2 Å². The first-order chi connectivity index (χ1) is 8.64. The van der Waals surface area contributed by atoms with Crippen LogP contribution >= 0.6 is 0 Å². The van der Waals surface area contributed by atoms with Crippen molar-refractivity contribution in [1.82, 2.24) is 4.90 Å². The zero-order valence-corrected chi connectivity index (χ0v) is 13.4. The molecule has 1 aliphatic rings. The molecule has 1 heterocycles. The Labute approximate surface area is 118 Å². The van der Waals surface area contributed by atoms with E-state index in [4.69, 9.17) is 9.31 Å². The van der Waals surface area contributed by atoms with E-state index in [1.54, 1.807) is 0 Å². The number of carbonyl (C=O) groups is 1. The summed E-state index contributed by atoms with van der Waals surface area (Å²) < 4.78 is 11.9. The van der Waals surface area contributed by atoms with Crippen LogP contribution in [0.1, 0.15) is 48.5 Å². The molecule has 0 saturated carbocycles. The van der Waals surface area contributed by atoms with E-state index < -0.39 is 0 Å². The molecule has 0 aromatic rings. The molecule has 0 bridgehead atoms. The van der Waals surface area contributed by atoms with Crippen molar-refractivity contribution in [2.45, 2.75) is 66.0 Å². The third-order valence-electron chi connectivity index (χ3n) is 4.34. The first-order valence-corrected chi connectivity index (χ1v) is 7.29. The molecule has 1 aliphatic heterocycles. The molecule has 5 heteroatoms. The zero-order valence-electron chi connectivity index (χ0n) is 13.4. The SMILES string of the molecule is CCN(CC)C(=O)C(C)CB1OC(C)(C)C(C)(C)O1. The van der Waals surface area contributed by atoms with E-state index in [1.807, 2.05) is 53.4 Å². The van der Waals surface area contributed by atoms with E-state index in [0.717, 1.165) is 13.1 Å². The van der Waals surface area contributed by atoms with Gasteiger partial charge in [-0.2, -0.15) is 0 Å². The summed E-state index contributed by atoms with van der Waals surface area (Å²) in [6.07, 6.45) is 0.613. The van der Waals surface area contributed by atoms with Crippen molar-refractivity contribution in [3.63, 3.8) is 0 Å². The minimum Gasteiger partial charge on any atom is -0.403 e. The Morgan fingerprint density at radius 1 is 1.11 bits per heavy atom. The molecular weight excluding hydrogens is 241 g/mol. The predicted octanol–water partition coefficient (Wildman–Crippen LogP) is 2.58. The average molecular weight is 269 g/mol. The molecule has 1 atom stereocenters. The van der Waals surface area contributed by atoms with Gasteiger partial charge < -0.3 is 14.2 Å². The number of carbonyl (C=O) groups excluding carboxylic acids is 1. The fourth-order valence-electron chi connectivity index (χ4n) is 2.30. The number of hydrogen-bond donors (Lipinski definition) is 0. The highest BCUT2D eigenvalue weighted by Crippen LogP contribution is 2.38. The Morgan fingerprint density at radius 3 is 1.89 bits per heavy atom. The molecule has 1 saturated heterocycles. The van der Waals surface area contributed by atoms with Crippen molar-refractivity contribution in [2.24, 2.45) is 5.92 Å². The van der Waals surface area contributed by atoms with Gasteiger partial charge >= 0.3 is 7.12 Å². The highest BCUT2D eigenvalue weighted by atomic mass is 16.7. The molecule has 0 radical (unpaired) electrons. The van der Waals surface area contributed by atoms with Gasteiger partial charge in [0.25, 0.3) is 0 Å². The number of amides is 1. The van der Waals surface area contributed by atoms with E-state index in [9.17, 15) is 4.79 Å². The number of nitrogens with zero attached hydrogens (tertiary/aromatic N) is 1. The van der Waals surface area contributed by atoms with Crippen molar-refractivity contribution >= 4 is 13.0 Å². The zero-order chi connectivity index (χ0) is 14.8. The lowest BCUT2D eigenvalue weighted by Crippen LogP contribution is -2.41. The molecule has 0 aromatic carbocycles. The maximum atomic E-state index is 12.2. The maximum Gasteiger partial charge on any atom is 0.458 e. The maximum absolute atomic E-state index is 12.2. The van der Waals surface area contributed by atoms with Crippen LogP contribution in [-0.2, 0) is 14.1 Å². The summed E-state index contributed by atoms with van der Waals surface area (Å²) in [5.41, 5.74) is -0.648. The molecule has 0 spiro atoms.